The predicted molar refractivity (Wildman–Crippen MR) is 86.4 cm³/mol. The van der Waals surface area contributed by atoms with Gasteiger partial charge in [0.25, 0.3) is 11.6 Å². The van der Waals surface area contributed by atoms with Gasteiger partial charge in [0.15, 0.2) is 5.82 Å². The topological polar surface area (TPSA) is 97.3 Å². The van der Waals surface area contributed by atoms with Crippen molar-refractivity contribution >= 4 is 17.4 Å². The van der Waals surface area contributed by atoms with Gasteiger partial charge in [0.2, 0.25) is 0 Å². The van der Waals surface area contributed by atoms with Crippen LogP contribution < -0.4 is 5.32 Å². The number of likely N-dealkylation sites (N-methyl/N-ethyl adjacent to an activating group) is 1. The van der Waals surface area contributed by atoms with Crippen molar-refractivity contribution in [3.05, 3.63) is 34.1 Å². The Kier molecular flexibility index (Phi) is 4.60. The number of hydrogen-bond donors (Lipinski definition) is 1. The Morgan fingerprint density at radius 1 is 1.52 bits per heavy atom. The largest absolute Gasteiger partial charge is 0.334 e. The van der Waals surface area contributed by atoms with E-state index in [0.29, 0.717) is 22.2 Å². The number of aromatic nitrogens is 2. The van der Waals surface area contributed by atoms with Gasteiger partial charge >= 0.3 is 0 Å². The summed E-state index contributed by atoms with van der Waals surface area (Å²) >= 11 is 1.33. The van der Waals surface area contributed by atoms with E-state index in [4.69, 9.17) is 4.52 Å². The molecule has 0 aliphatic carbocycles. The lowest BCUT2D eigenvalue weighted by Gasteiger charge is -2.30. The molecule has 1 aliphatic heterocycles. The summed E-state index contributed by atoms with van der Waals surface area (Å²) in [6.45, 7) is 2.59. The third-order valence-electron chi connectivity index (χ3n) is 3.87. The Balaban J connectivity index is 1.91. The van der Waals surface area contributed by atoms with Crippen LogP contribution in [0.2, 0.25) is 0 Å². The number of thioether (sulfide) groups is 1. The minimum Gasteiger partial charge on any atom is -0.334 e. The highest BCUT2D eigenvalue weighted by molar-refractivity contribution is 7.98. The van der Waals surface area contributed by atoms with E-state index in [1.807, 2.05) is 7.05 Å². The van der Waals surface area contributed by atoms with Gasteiger partial charge in [-0.15, -0.1) is 11.8 Å². The molecule has 1 aromatic carbocycles. The summed E-state index contributed by atoms with van der Waals surface area (Å²) in [5.41, 5.74) is 0.603. The maximum absolute atomic E-state index is 11.2. The molecule has 1 N–H and O–H groups in total. The Labute approximate surface area is 137 Å². The molecule has 0 saturated carbocycles. The molecule has 1 aliphatic rings. The molecule has 1 saturated heterocycles. The second kappa shape index (κ2) is 6.65. The van der Waals surface area contributed by atoms with Crippen molar-refractivity contribution in [1.29, 1.82) is 0 Å². The quantitative estimate of drug-likeness (QED) is 0.514. The van der Waals surface area contributed by atoms with Crippen molar-refractivity contribution in [2.75, 3.05) is 32.9 Å². The average molecular weight is 335 g/mol. The summed E-state index contributed by atoms with van der Waals surface area (Å²) in [6, 6.07) is 4.99. The molecular formula is C14H17N5O3S. The van der Waals surface area contributed by atoms with Crippen LogP contribution in [0.1, 0.15) is 11.9 Å². The first-order valence-corrected chi connectivity index (χ1v) is 8.40. The molecule has 3 rings (SSSR count). The smallest absolute Gasteiger partial charge is 0.283 e. The van der Waals surface area contributed by atoms with Crippen molar-refractivity contribution in [3.63, 3.8) is 0 Å². The fraction of sp³-hybridized carbons (Fsp3) is 0.429. The zero-order valence-electron chi connectivity index (χ0n) is 12.9. The van der Waals surface area contributed by atoms with Gasteiger partial charge in [0, 0.05) is 31.3 Å². The maximum atomic E-state index is 11.2. The summed E-state index contributed by atoms with van der Waals surface area (Å²) < 4.78 is 5.32. The molecule has 1 unspecified atom stereocenters. The lowest BCUT2D eigenvalue weighted by Crippen LogP contribution is -2.44. The molecule has 0 radical (unpaired) electrons. The van der Waals surface area contributed by atoms with Gasteiger partial charge in [0.05, 0.1) is 15.9 Å². The molecular weight excluding hydrogens is 318 g/mol. The van der Waals surface area contributed by atoms with E-state index in [-0.39, 0.29) is 11.7 Å². The van der Waals surface area contributed by atoms with Crippen LogP contribution in [-0.4, -0.2) is 52.9 Å². The Morgan fingerprint density at radius 3 is 3.04 bits per heavy atom. The lowest BCUT2D eigenvalue weighted by molar-refractivity contribution is -0.387. The Bertz CT molecular complexity index is 720. The van der Waals surface area contributed by atoms with Crippen LogP contribution >= 0.6 is 11.8 Å². The normalized spacial score (nSPS) is 19.0. The monoisotopic (exact) mass is 335 g/mol. The summed E-state index contributed by atoms with van der Waals surface area (Å²) in [7, 11) is 2.01. The van der Waals surface area contributed by atoms with Gasteiger partial charge in [-0.25, -0.2) is 0 Å². The SMILES string of the molecule is CSc1ccc(-c2nc(C3CNCCN3C)no2)cc1[N+](=O)[O-]. The van der Waals surface area contributed by atoms with Crippen molar-refractivity contribution in [2.24, 2.45) is 0 Å². The van der Waals surface area contributed by atoms with Gasteiger partial charge < -0.3 is 9.84 Å². The summed E-state index contributed by atoms with van der Waals surface area (Å²) in [4.78, 5) is 18.0. The highest BCUT2D eigenvalue weighted by Gasteiger charge is 2.26. The minimum atomic E-state index is -0.397. The molecule has 1 atom stereocenters. The van der Waals surface area contributed by atoms with Crippen LogP contribution in [-0.2, 0) is 0 Å². The van der Waals surface area contributed by atoms with Gasteiger partial charge in [-0.3, -0.25) is 15.0 Å². The van der Waals surface area contributed by atoms with Gasteiger partial charge in [-0.2, -0.15) is 4.98 Å². The van der Waals surface area contributed by atoms with E-state index in [0.717, 1.165) is 19.6 Å². The van der Waals surface area contributed by atoms with E-state index in [1.54, 1.807) is 18.4 Å². The molecule has 0 spiro atoms. The summed E-state index contributed by atoms with van der Waals surface area (Å²) in [6.07, 6.45) is 1.80. The number of rotatable bonds is 4. The van der Waals surface area contributed by atoms with Crippen LogP contribution in [0.4, 0.5) is 5.69 Å². The van der Waals surface area contributed by atoms with Crippen molar-refractivity contribution in [1.82, 2.24) is 20.4 Å². The first-order valence-electron chi connectivity index (χ1n) is 7.17. The number of nitro benzene ring substituents is 1. The molecule has 23 heavy (non-hydrogen) atoms. The van der Waals surface area contributed by atoms with Crippen molar-refractivity contribution in [2.45, 2.75) is 10.9 Å². The predicted octanol–water partition coefficient (Wildman–Crippen LogP) is 1.94. The van der Waals surface area contributed by atoms with Crippen LogP contribution in [0.15, 0.2) is 27.6 Å². The first-order chi connectivity index (χ1) is 11.1. The number of benzene rings is 1. The Morgan fingerprint density at radius 2 is 2.35 bits per heavy atom. The molecule has 1 aromatic heterocycles. The first kappa shape index (κ1) is 15.9. The average Bonchev–Trinajstić information content (AvgIpc) is 3.04. The molecule has 2 aromatic rings. The number of nitrogens with zero attached hydrogens (tertiary/aromatic N) is 4. The third kappa shape index (κ3) is 3.21. The van der Waals surface area contributed by atoms with E-state index in [2.05, 4.69) is 20.4 Å². The fourth-order valence-corrected chi connectivity index (χ4v) is 3.09. The minimum absolute atomic E-state index is 0.0432. The van der Waals surface area contributed by atoms with E-state index in [9.17, 15) is 10.1 Å². The fourth-order valence-electron chi connectivity index (χ4n) is 2.55. The van der Waals surface area contributed by atoms with E-state index < -0.39 is 4.92 Å². The zero-order chi connectivity index (χ0) is 16.4. The van der Waals surface area contributed by atoms with Crippen LogP contribution in [0.25, 0.3) is 11.5 Å². The highest BCUT2D eigenvalue weighted by atomic mass is 32.2. The molecule has 8 nitrogen and oxygen atoms in total. The molecule has 0 amide bonds. The standard InChI is InChI=1S/C14H17N5O3S/c1-18-6-5-15-8-11(18)13-16-14(22-17-13)9-3-4-12(23-2)10(7-9)19(20)21/h3-4,7,11,15H,5-6,8H2,1-2H3. The summed E-state index contributed by atoms with van der Waals surface area (Å²) in [5, 5.41) is 18.5. The third-order valence-corrected chi connectivity index (χ3v) is 4.66. The molecule has 2 heterocycles. The van der Waals surface area contributed by atoms with Crippen LogP contribution in [0.3, 0.4) is 0 Å². The number of hydrogen-bond acceptors (Lipinski definition) is 8. The van der Waals surface area contributed by atoms with E-state index >= 15 is 0 Å². The molecule has 9 heteroatoms. The van der Waals surface area contributed by atoms with Crippen molar-refractivity contribution in [3.8, 4) is 11.5 Å². The molecule has 122 valence electrons. The summed E-state index contributed by atoms with van der Waals surface area (Å²) in [5.74, 6) is 0.890. The van der Waals surface area contributed by atoms with Gasteiger partial charge in [0.1, 0.15) is 0 Å². The highest BCUT2D eigenvalue weighted by Crippen LogP contribution is 2.32. The number of nitrogens with one attached hydrogen (secondary N) is 1. The second-order valence-corrected chi connectivity index (χ2v) is 6.15. The van der Waals surface area contributed by atoms with Crippen molar-refractivity contribution < 1.29 is 9.45 Å². The second-order valence-electron chi connectivity index (χ2n) is 5.30. The lowest BCUT2D eigenvalue weighted by atomic mass is 10.2. The Hall–Kier alpha value is -1.97. The van der Waals surface area contributed by atoms with E-state index in [1.165, 1.54) is 17.8 Å². The van der Waals surface area contributed by atoms with Crippen LogP contribution in [0, 0.1) is 10.1 Å². The maximum Gasteiger partial charge on any atom is 0.283 e. The van der Waals surface area contributed by atoms with Gasteiger partial charge in [-0.1, -0.05) is 5.16 Å². The number of piperazine rings is 1. The molecule has 1 fully saturated rings. The number of nitro groups is 1. The van der Waals surface area contributed by atoms with Gasteiger partial charge in [-0.05, 0) is 25.4 Å². The zero-order valence-corrected chi connectivity index (χ0v) is 13.7. The van der Waals surface area contributed by atoms with Crippen LogP contribution in [0.5, 0.6) is 0 Å². The molecule has 0 bridgehead atoms.